The van der Waals surface area contributed by atoms with E-state index in [1.54, 1.807) is 22.5 Å². The summed E-state index contributed by atoms with van der Waals surface area (Å²) >= 11 is 1.67. The minimum atomic E-state index is -0.220. The van der Waals surface area contributed by atoms with Gasteiger partial charge >= 0.3 is 6.03 Å². The number of urea groups is 1. The first-order valence-corrected chi connectivity index (χ1v) is 9.53. The Morgan fingerprint density at radius 1 is 1.38 bits per heavy atom. The third kappa shape index (κ3) is 3.45. The Morgan fingerprint density at radius 3 is 3.04 bits per heavy atom. The van der Waals surface area contributed by atoms with E-state index in [1.807, 2.05) is 30.3 Å². The number of nitrogens with zero attached hydrogens (tertiary/aromatic N) is 2. The predicted molar refractivity (Wildman–Crippen MR) is 102 cm³/mol. The van der Waals surface area contributed by atoms with Gasteiger partial charge in [-0.1, -0.05) is 13.8 Å². The van der Waals surface area contributed by atoms with Crippen molar-refractivity contribution in [2.45, 2.75) is 25.9 Å². The molecule has 1 aliphatic rings. The molecule has 3 heterocycles. The molecule has 1 aromatic carbocycles. The number of hydrogen-bond donors (Lipinski definition) is 1. The SMILES string of the molecule is CC(C)c1nc2ccc(NC(=O)N3CCOC(c4ccco4)C3)cc2s1. The highest BCUT2D eigenvalue weighted by Gasteiger charge is 2.27. The molecule has 0 saturated carbocycles. The number of morpholine rings is 1. The number of aromatic nitrogens is 1. The fraction of sp³-hybridized carbons (Fsp3) is 0.368. The molecule has 1 fully saturated rings. The standard InChI is InChI=1S/C19H21N3O3S/c1-12(2)18-21-14-6-5-13(10-17(14)26-18)20-19(23)22-7-9-25-16(11-22)15-4-3-8-24-15/h3-6,8,10,12,16H,7,9,11H2,1-2H3,(H,20,23). The number of carbonyl (C=O) groups excluding carboxylic acids is 1. The van der Waals surface area contributed by atoms with Gasteiger partial charge < -0.3 is 19.4 Å². The molecule has 0 bridgehead atoms. The van der Waals surface area contributed by atoms with E-state index in [2.05, 4.69) is 24.1 Å². The topological polar surface area (TPSA) is 67.6 Å². The first-order chi connectivity index (χ1) is 12.6. The van der Waals surface area contributed by atoms with Gasteiger partial charge in [-0.05, 0) is 30.3 Å². The molecule has 0 radical (unpaired) electrons. The van der Waals surface area contributed by atoms with Crippen LogP contribution >= 0.6 is 11.3 Å². The van der Waals surface area contributed by atoms with Gasteiger partial charge in [-0.3, -0.25) is 0 Å². The zero-order valence-corrected chi connectivity index (χ0v) is 15.6. The zero-order chi connectivity index (χ0) is 18.1. The monoisotopic (exact) mass is 371 g/mol. The van der Waals surface area contributed by atoms with Crippen LogP contribution in [0.1, 0.15) is 36.6 Å². The van der Waals surface area contributed by atoms with Gasteiger partial charge in [0.2, 0.25) is 0 Å². The molecule has 1 atom stereocenters. The molecule has 7 heteroatoms. The molecule has 136 valence electrons. The van der Waals surface area contributed by atoms with Gasteiger partial charge in [-0.25, -0.2) is 9.78 Å². The lowest BCUT2D eigenvalue weighted by atomic mass is 10.2. The Hall–Kier alpha value is -2.38. The van der Waals surface area contributed by atoms with Crippen LogP contribution in [0.15, 0.2) is 41.0 Å². The number of ether oxygens (including phenoxy) is 1. The molecule has 1 unspecified atom stereocenters. The highest BCUT2D eigenvalue weighted by Crippen LogP contribution is 2.29. The second-order valence-electron chi connectivity index (χ2n) is 6.64. The van der Waals surface area contributed by atoms with E-state index in [-0.39, 0.29) is 12.1 Å². The zero-order valence-electron chi connectivity index (χ0n) is 14.8. The lowest BCUT2D eigenvalue weighted by Gasteiger charge is -2.32. The molecular formula is C19H21N3O3S. The summed E-state index contributed by atoms with van der Waals surface area (Å²) in [7, 11) is 0. The van der Waals surface area contributed by atoms with E-state index >= 15 is 0 Å². The van der Waals surface area contributed by atoms with Crippen molar-refractivity contribution in [1.82, 2.24) is 9.88 Å². The Kier molecular flexibility index (Phi) is 4.65. The van der Waals surface area contributed by atoms with Crippen LogP contribution in [0.5, 0.6) is 0 Å². The quantitative estimate of drug-likeness (QED) is 0.729. The van der Waals surface area contributed by atoms with E-state index in [4.69, 9.17) is 9.15 Å². The van der Waals surface area contributed by atoms with E-state index in [0.717, 1.165) is 26.7 Å². The number of hydrogen-bond acceptors (Lipinski definition) is 5. The molecule has 3 aromatic rings. The van der Waals surface area contributed by atoms with Crippen molar-refractivity contribution >= 4 is 33.3 Å². The number of nitrogens with one attached hydrogen (secondary N) is 1. The summed E-state index contributed by atoms with van der Waals surface area (Å²) in [6.07, 6.45) is 1.40. The summed E-state index contributed by atoms with van der Waals surface area (Å²) in [4.78, 5) is 19.0. The molecule has 6 nitrogen and oxygen atoms in total. The summed E-state index contributed by atoms with van der Waals surface area (Å²) in [5.74, 6) is 1.15. The van der Waals surface area contributed by atoms with Crippen LogP contribution in [-0.2, 0) is 4.74 Å². The van der Waals surface area contributed by atoms with Gasteiger partial charge in [0.15, 0.2) is 0 Å². The molecule has 26 heavy (non-hydrogen) atoms. The van der Waals surface area contributed by atoms with Crippen molar-refractivity contribution in [3.05, 3.63) is 47.4 Å². The second-order valence-corrected chi connectivity index (χ2v) is 7.70. The molecule has 0 aliphatic carbocycles. The van der Waals surface area contributed by atoms with Crippen LogP contribution in [0, 0.1) is 0 Å². The van der Waals surface area contributed by atoms with Gasteiger partial charge in [0.05, 0.1) is 34.6 Å². The molecule has 0 spiro atoms. The molecule has 1 saturated heterocycles. The smallest absolute Gasteiger partial charge is 0.322 e. The molecule has 1 aliphatic heterocycles. The van der Waals surface area contributed by atoms with Crippen molar-refractivity contribution in [1.29, 1.82) is 0 Å². The summed E-state index contributed by atoms with van der Waals surface area (Å²) < 4.78 is 12.2. The minimum absolute atomic E-state index is 0.127. The normalized spacial score (nSPS) is 17.8. The van der Waals surface area contributed by atoms with Crippen molar-refractivity contribution in [2.24, 2.45) is 0 Å². The molecule has 4 rings (SSSR count). The van der Waals surface area contributed by atoms with Gasteiger partial charge in [0.25, 0.3) is 0 Å². The van der Waals surface area contributed by atoms with Crippen LogP contribution in [0.3, 0.4) is 0 Å². The number of amides is 2. The summed E-state index contributed by atoms with van der Waals surface area (Å²) in [6, 6.07) is 9.41. The van der Waals surface area contributed by atoms with Gasteiger partial charge in [0.1, 0.15) is 11.9 Å². The second kappa shape index (κ2) is 7.09. The van der Waals surface area contributed by atoms with Crippen molar-refractivity contribution in [2.75, 3.05) is 25.0 Å². The number of thiazole rings is 1. The molecule has 2 amide bonds. The number of rotatable bonds is 3. The third-order valence-corrected chi connectivity index (χ3v) is 5.68. The molecule has 2 aromatic heterocycles. The number of fused-ring (bicyclic) bond motifs is 1. The van der Waals surface area contributed by atoms with Crippen molar-refractivity contribution in [3.8, 4) is 0 Å². The van der Waals surface area contributed by atoms with Crippen LogP contribution in [0.4, 0.5) is 10.5 Å². The fourth-order valence-electron chi connectivity index (χ4n) is 2.95. The number of furan rings is 1. The summed E-state index contributed by atoms with van der Waals surface area (Å²) in [5.41, 5.74) is 1.75. The Balaban J connectivity index is 1.46. The van der Waals surface area contributed by atoms with Crippen LogP contribution in [0.2, 0.25) is 0 Å². The summed E-state index contributed by atoms with van der Waals surface area (Å²) in [5, 5.41) is 4.10. The van der Waals surface area contributed by atoms with E-state index in [0.29, 0.717) is 25.6 Å². The van der Waals surface area contributed by atoms with Crippen molar-refractivity contribution in [3.63, 3.8) is 0 Å². The minimum Gasteiger partial charge on any atom is -0.467 e. The van der Waals surface area contributed by atoms with Crippen LogP contribution in [-0.4, -0.2) is 35.6 Å². The van der Waals surface area contributed by atoms with Crippen LogP contribution < -0.4 is 5.32 Å². The Bertz CT molecular complexity index is 904. The molecular weight excluding hydrogens is 350 g/mol. The first kappa shape index (κ1) is 17.1. The van der Waals surface area contributed by atoms with Gasteiger partial charge in [-0.2, -0.15) is 0 Å². The highest BCUT2D eigenvalue weighted by atomic mass is 32.1. The first-order valence-electron chi connectivity index (χ1n) is 8.71. The lowest BCUT2D eigenvalue weighted by molar-refractivity contribution is -0.0242. The van der Waals surface area contributed by atoms with E-state index in [1.165, 1.54) is 0 Å². The number of benzene rings is 1. The van der Waals surface area contributed by atoms with Gasteiger partial charge in [-0.15, -0.1) is 11.3 Å². The summed E-state index contributed by atoms with van der Waals surface area (Å²) in [6.45, 7) is 5.79. The average molecular weight is 371 g/mol. The fourth-order valence-corrected chi connectivity index (χ4v) is 3.96. The van der Waals surface area contributed by atoms with Crippen molar-refractivity contribution < 1.29 is 13.9 Å². The number of anilines is 1. The van der Waals surface area contributed by atoms with E-state index < -0.39 is 0 Å². The van der Waals surface area contributed by atoms with Gasteiger partial charge in [0, 0.05) is 18.2 Å². The third-order valence-electron chi connectivity index (χ3n) is 4.36. The molecule has 1 N–H and O–H groups in total. The predicted octanol–water partition coefficient (Wildman–Crippen LogP) is 4.62. The maximum atomic E-state index is 12.6. The van der Waals surface area contributed by atoms with E-state index in [9.17, 15) is 4.79 Å². The number of carbonyl (C=O) groups is 1. The largest absolute Gasteiger partial charge is 0.467 e. The Labute approximate surface area is 155 Å². The highest BCUT2D eigenvalue weighted by molar-refractivity contribution is 7.18. The Morgan fingerprint density at radius 2 is 2.27 bits per heavy atom. The van der Waals surface area contributed by atoms with Crippen LogP contribution in [0.25, 0.3) is 10.2 Å². The average Bonchev–Trinajstić information content (AvgIpc) is 3.31. The maximum Gasteiger partial charge on any atom is 0.322 e. The lowest BCUT2D eigenvalue weighted by Crippen LogP contribution is -2.44. The maximum absolute atomic E-state index is 12.6.